The number of fused-ring (bicyclic) bond motifs is 3. The van der Waals surface area contributed by atoms with E-state index in [0.717, 1.165) is 0 Å². The van der Waals surface area contributed by atoms with E-state index in [1.165, 1.54) is 19.0 Å². The van der Waals surface area contributed by atoms with Crippen LogP contribution in [0.4, 0.5) is 0 Å². The molecule has 4 rings (SSSR count). The molecule has 1 aromatic carbocycles. The third-order valence-electron chi connectivity index (χ3n) is 7.73. The number of primary amides is 1. The number of likely N-dealkylation sites (N-methyl/N-ethyl adjacent to an activating group) is 1. The zero-order valence-electron chi connectivity index (χ0n) is 22.1. The first kappa shape index (κ1) is 27.8. The first-order valence-corrected chi connectivity index (χ1v) is 12.4. The molecule has 0 aromatic heterocycles. The number of ketones is 2. The van der Waals surface area contributed by atoms with E-state index in [1.54, 1.807) is 12.1 Å². The van der Waals surface area contributed by atoms with E-state index in [4.69, 9.17) is 5.73 Å². The Morgan fingerprint density at radius 2 is 1.82 bits per heavy atom. The molecule has 5 atom stereocenters. The van der Waals surface area contributed by atoms with E-state index >= 15 is 0 Å². The van der Waals surface area contributed by atoms with Crippen molar-refractivity contribution in [1.82, 2.24) is 10.2 Å². The summed E-state index contributed by atoms with van der Waals surface area (Å²) in [5.41, 5.74) is 1.97. The molecular weight excluding hydrogens is 494 g/mol. The maximum atomic E-state index is 13.9. The van der Waals surface area contributed by atoms with Crippen molar-refractivity contribution in [2.45, 2.75) is 51.5 Å². The van der Waals surface area contributed by atoms with E-state index in [9.17, 15) is 39.9 Å². The summed E-state index contributed by atoms with van der Waals surface area (Å²) in [4.78, 5) is 40.4. The minimum atomic E-state index is -2.91. The van der Waals surface area contributed by atoms with Crippen molar-refractivity contribution in [3.63, 3.8) is 0 Å². The number of nitrogens with two attached hydrogens (primary N) is 1. The van der Waals surface area contributed by atoms with Gasteiger partial charge in [0, 0.05) is 30.1 Å². The number of phenolic OH excluding ortho intramolecular Hbond substituents is 1. The van der Waals surface area contributed by atoms with Gasteiger partial charge in [0.2, 0.25) is 5.78 Å². The molecular formula is C27H35N3O8. The Hall–Kier alpha value is -3.25. The summed E-state index contributed by atoms with van der Waals surface area (Å²) >= 11 is 0. The third kappa shape index (κ3) is 4.01. The van der Waals surface area contributed by atoms with Crippen molar-refractivity contribution in [2.24, 2.45) is 23.0 Å². The Kier molecular flexibility index (Phi) is 6.72. The van der Waals surface area contributed by atoms with E-state index in [1.807, 2.05) is 20.8 Å². The summed E-state index contributed by atoms with van der Waals surface area (Å²) in [6.07, 6.45) is -1.58. The number of carbonyl (C=O) groups is 3. The minimum absolute atomic E-state index is 0.0106. The number of benzene rings is 1. The lowest BCUT2D eigenvalue weighted by atomic mass is 9.56. The van der Waals surface area contributed by atoms with Gasteiger partial charge in [0.05, 0.1) is 23.6 Å². The Labute approximate surface area is 220 Å². The lowest BCUT2D eigenvalue weighted by Crippen LogP contribution is -2.70. The monoisotopic (exact) mass is 529 g/mol. The fourth-order valence-corrected chi connectivity index (χ4v) is 5.99. The number of rotatable bonds is 5. The highest BCUT2D eigenvalue weighted by Crippen LogP contribution is 2.52. The molecule has 8 N–H and O–H groups in total. The van der Waals surface area contributed by atoms with Gasteiger partial charge in [-0.15, -0.1) is 0 Å². The van der Waals surface area contributed by atoms with Crippen molar-refractivity contribution < 1.29 is 39.9 Å². The number of hydrogen-bond acceptors (Lipinski definition) is 10. The van der Waals surface area contributed by atoms with E-state index in [-0.39, 0.29) is 29.7 Å². The lowest BCUT2D eigenvalue weighted by Gasteiger charge is -2.52. The largest absolute Gasteiger partial charge is 0.508 e. The molecule has 11 heteroatoms. The number of nitrogens with one attached hydrogen (secondary N) is 1. The van der Waals surface area contributed by atoms with Gasteiger partial charge < -0.3 is 36.6 Å². The van der Waals surface area contributed by atoms with Crippen molar-refractivity contribution >= 4 is 23.2 Å². The Morgan fingerprint density at radius 3 is 2.37 bits per heavy atom. The van der Waals surface area contributed by atoms with Crippen LogP contribution in [0.3, 0.4) is 0 Å². The summed E-state index contributed by atoms with van der Waals surface area (Å²) in [5.74, 6) is -8.21. The summed E-state index contributed by atoms with van der Waals surface area (Å²) < 4.78 is 0. The van der Waals surface area contributed by atoms with Gasteiger partial charge in [-0.25, -0.2) is 0 Å². The first-order valence-electron chi connectivity index (χ1n) is 12.4. The molecule has 0 radical (unpaired) electrons. The highest BCUT2D eigenvalue weighted by Gasteiger charge is 2.67. The Morgan fingerprint density at radius 1 is 1.18 bits per heavy atom. The van der Waals surface area contributed by atoms with Crippen LogP contribution in [0.5, 0.6) is 5.75 Å². The summed E-state index contributed by atoms with van der Waals surface area (Å²) in [6.45, 7) is 7.08. The van der Waals surface area contributed by atoms with Crippen LogP contribution in [0.2, 0.25) is 0 Å². The number of phenols is 1. The van der Waals surface area contributed by atoms with Crippen LogP contribution < -0.4 is 11.1 Å². The second kappa shape index (κ2) is 9.19. The second-order valence-corrected chi connectivity index (χ2v) is 11.8. The fraction of sp³-hybridized carbons (Fsp3) is 0.519. The number of aromatic hydroxyl groups is 1. The molecule has 3 aliphatic carbocycles. The molecule has 0 bridgehead atoms. The van der Waals surface area contributed by atoms with Crippen molar-refractivity contribution in [1.29, 1.82) is 0 Å². The van der Waals surface area contributed by atoms with Crippen LogP contribution >= 0.6 is 0 Å². The Bertz CT molecular complexity index is 1290. The zero-order chi connectivity index (χ0) is 28.5. The average molecular weight is 530 g/mol. The predicted molar refractivity (Wildman–Crippen MR) is 137 cm³/mol. The molecule has 0 heterocycles. The molecule has 1 aromatic rings. The van der Waals surface area contributed by atoms with Gasteiger partial charge in [0.15, 0.2) is 11.4 Å². The summed E-state index contributed by atoms with van der Waals surface area (Å²) in [5, 5.41) is 59.6. The number of Topliss-reactive ketones (excluding diaryl/α,β-unsaturated/α-hetero) is 2. The zero-order valence-corrected chi connectivity index (χ0v) is 22.1. The number of amides is 1. The van der Waals surface area contributed by atoms with Crippen LogP contribution in [0.25, 0.3) is 5.76 Å². The quantitative estimate of drug-likeness (QED) is 0.257. The number of nitrogens with zero attached hydrogens (tertiary/aromatic N) is 1. The molecule has 11 nitrogen and oxygen atoms in total. The third-order valence-corrected chi connectivity index (χ3v) is 7.73. The van der Waals surface area contributed by atoms with Crippen LogP contribution in [0.15, 0.2) is 29.0 Å². The molecule has 206 valence electrons. The van der Waals surface area contributed by atoms with Gasteiger partial charge in [-0.05, 0) is 31.5 Å². The molecule has 1 saturated carbocycles. The highest BCUT2D eigenvalue weighted by atomic mass is 16.4. The van der Waals surface area contributed by atoms with Gasteiger partial charge in [-0.1, -0.05) is 32.9 Å². The molecule has 0 saturated heterocycles. The first-order chi connectivity index (χ1) is 17.5. The summed E-state index contributed by atoms with van der Waals surface area (Å²) in [6, 6.07) is 2.01. The van der Waals surface area contributed by atoms with Crippen LogP contribution in [0, 0.1) is 17.3 Å². The van der Waals surface area contributed by atoms with Gasteiger partial charge in [0.25, 0.3) is 5.91 Å². The molecule has 1 amide bonds. The van der Waals surface area contributed by atoms with Crippen molar-refractivity contribution in [3.05, 3.63) is 45.7 Å². The molecule has 0 aliphatic heterocycles. The standard InChI is InChI=1S/C27H35N3O8/c1-26(2,3)10-29-9-12-7-6-11-8-13-15(21(33)14(11)19(12)31)23(35)27(38)17(20(13)32)18(30(4)5)22(34)16(24(27)36)25(28)37/h6-7,13,17-18,20,29,31-33,36,38H,8-10H2,1-5H3,(H2,28,37)/t13-,17-,18+,20+,27+/m0/s1. The molecule has 1 fully saturated rings. The van der Waals surface area contributed by atoms with E-state index in [2.05, 4.69) is 5.32 Å². The highest BCUT2D eigenvalue weighted by molar-refractivity contribution is 6.24. The van der Waals surface area contributed by atoms with Crippen molar-refractivity contribution in [3.8, 4) is 5.75 Å². The normalized spacial score (nSPS) is 29.4. The van der Waals surface area contributed by atoms with Crippen LogP contribution in [-0.2, 0) is 27.3 Å². The van der Waals surface area contributed by atoms with E-state index in [0.29, 0.717) is 17.7 Å². The topological polar surface area (TPSA) is 194 Å². The second-order valence-electron chi connectivity index (χ2n) is 11.8. The van der Waals surface area contributed by atoms with Gasteiger partial charge in [-0.2, -0.15) is 0 Å². The van der Waals surface area contributed by atoms with E-state index < -0.39 is 69.7 Å². The predicted octanol–water partition coefficient (Wildman–Crippen LogP) is 0.0705. The maximum Gasteiger partial charge on any atom is 0.255 e. The number of hydrogen-bond donors (Lipinski definition) is 7. The molecule has 3 aliphatic rings. The Balaban J connectivity index is 1.87. The number of carbonyl (C=O) groups excluding carboxylic acids is 3. The van der Waals surface area contributed by atoms with Crippen molar-refractivity contribution in [2.75, 3.05) is 20.6 Å². The maximum absolute atomic E-state index is 13.9. The molecule has 0 unspecified atom stereocenters. The van der Waals surface area contributed by atoms with Crippen LogP contribution in [0.1, 0.15) is 37.5 Å². The number of aliphatic hydroxyl groups is 4. The summed E-state index contributed by atoms with van der Waals surface area (Å²) in [7, 11) is 2.93. The number of aliphatic hydroxyl groups excluding tert-OH is 3. The fourth-order valence-electron chi connectivity index (χ4n) is 5.99. The average Bonchev–Trinajstić information content (AvgIpc) is 2.79. The lowest BCUT2D eigenvalue weighted by molar-refractivity contribution is -0.168. The van der Waals surface area contributed by atoms with Gasteiger partial charge in [0.1, 0.15) is 22.8 Å². The SMILES string of the molecule is CN(C)[C@H]1C(=O)C(C(N)=O)=C(O)[C@]2(O)C(=O)C3=C(O)c4c(ccc(CNCC(C)(C)C)c4O)C[C@@H]3[C@@H](O)[C@H]12. The smallest absolute Gasteiger partial charge is 0.255 e. The molecule has 38 heavy (non-hydrogen) atoms. The van der Waals surface area contributed by atoms with Crippen LogP contribution in [-0.4, -0.2) is 86.3 Å². The minimum Gasteiger partial charge on any atom is -0.508 e. The molecule has 0 spiro atoms. The van der Waals surface area contributed by atoms with Gasteiger partial charge in [-0.3, -0.25) is 19.3 Å². The van der Waals surface area contributed by atoms with Gasteiger partial charge >= 0.3 is 0 Å².